The fraction of sp³-hybridized carbons (Fsp3) is 0.417. The number of hydrogen-bond donors (Lipinski definition) is 3. The average Bonchev–Trinajstić information content (AvgIpc) is 2.42. The van der Waals surface area contributed by atoms with Crippen molar-refractivity contribution < 1.29 is 10.0 Å². The molecular formula is C12H16Cl2N3OS+. The number of rotatable bonds is 4. The normalized spacial score (nSPS) is 18.9. The highest BCUT2D eigenvalue weighted by molar-refractivity contribution is 8.13. The summed E-state index contributed by atoms with van der Waals surface area (Å²) in [4.78, 5) is 5.68. The monoisotopic (exact) mass is 320 g/mol. The molecule has 0 bridgehead atoms. The highest BCUT2D eigenvalue weighted by atomic mass is 35.5. The summed E-state index contributed by atoms with van der Waals surface area (Å²) in [6, 6.07) is 5.65. The van der Waals surface area contributed by atoms with E-state index in [-0.39, 0.29) is 6.61 Å². The minimum Gasteiger partial charge on any atom is -0.391 e. The van der Waals surface area contributed by atoms with Gasteiger partial charge in [-0.05, 0) is 17.7 Å². The van der Waals surface area contributed by atoms with Crippen LogP contribution in [-0.4, -0.2) is 36.8 Å². The molecule has 0 radical (unpaired) electrons. The van der Waals surface area contributed by atoms with Crippen molar-refractivity contribution in [3.05, 3.63) is 33.8 Å². The quantitative estimate of drug-likeness (QED) is 0.775. The molecule has 0 amide bonds. The summed E-state index contributed by atoms with van der Waals surface area (Å²) >= 11 is 13.5. The van der Waals surface area contributed by atoms with E-state index < -0.39 is 0 Å². The van der Waals surface area contributed by atoms with Gasteiger partial charge in [0.1, 0.15) is 6.54 Å². The Labute approximate surface area is 126 Å². The predicted octanol–water partition coefficient (Wildman–Crippen LogP) is 0.978. The SMILES string of the molecule is OCC[NH+]1CN=C(SCc2ccc(Cl)c(Cl)c2)NC1. The summed E-state index contributed by atoms with van der Waals surface area (Å²) in [5.41, 5.74) is 1.12. The topological polar surface area (TPSA) is 49.1 Å². The Kier molecular flexibility index (Phi) is 5.78. The largest absolute Gasteiger partial charge is 0.391 e. The fourth-order valence-electron chi connectivity index (χ4n) is 1.70. The van der Waals surface area contributed by atoms with Gasteiger partial charge in [0, 0.05) is 5.75 Å². The Bertz CT molecular complexity index is 470. The first-order valence-corrected chi connectivity index (χ1v) is 7.72. The molecule has 0 aromatic heterocycles. The van der Waals surface area contributed by atoms with Crippen molar-refractivity contribution in [1.82, 2.24) is 5.32 Å². The second-order valence-electron chi connectivity index (χ2n) is 4.24. The van der Waals surface area contributed by atoms with E-state index in [4.69, 9.17) is 28.3 Å². The number of nitrogens with zero attached hydrogens (tertiary/aromatic N) is 1. The number of amidine groups is 1. The van der Waals surface area contributed by atoms with Crippen LogP contribution in [0.15, 0.2) is 23.2 Å². The molecule has 1 atom stereocenters. The lowest BCUT2D eigenvalue weighted by atomic mass is 10.2. The van der Waals surface area contributed by atoms with Crippen molar-refractivity contribution in [2.24, 2.45) is 4.99 Å². The predicted molar refractivity (Wildman–Crippen MR) is 81.0 cm³/mol. The summed E-state index contributed by atoms with van der Waals surface area (Å²) in [6.45, 7) is 2.42. The molecule has 1 aliphatic rings. The maximum Gasteiger partial charge on any atom is 0.175 e. The number of nitrogens with one attached hydrogen (secondary N) is 2. The zero-order valence-corrected chi connectivity index (χ0v) is 12.7. The molecule has 0 fully saturated rings. The van der Waals surface area contributed by atoms with Gasteiger partial charge in [-0.1, -0.05) is 41.0 Å². The molecule has 3 N–H and O–H groups in total. The number of aliphatic hydroxyl groups is 1. The average molecular weight is 321 g/mol. The van der Waals surface area contributed by atoms with Gasteiger partial charge in [-0.3, -0.25) is 4.90 Å². The molecule has 0 aliphatic carbocycles. The summed E-state index contributed by atoms with van der Waals surface area (Å²) in [7, 11) is 0. The van der Waals surface area contributed by atoms with Gasteiger partial charge < -0.3 is 10.4 Å². The van der Waals surface area contributed by atoms with E-state index in [0.717, 1.165) is 29.7 Å². The highest BCUT2D eigenvalue weighted by Crippen LogP contribution is 2.24. The van der Waals surface area contributed by atoms with Gasteiger partial charge in [0.05, 0.1) is 16.7 Å². The standard InChI is InChI=1S/C12H15Cl2N3OS/c13-10-2-1-9(5-11(10)14)6-19-12-15-7-17(3-4-18)8-16-12/h1-2,5,18H,3-4,6-8H2,(H,15,16)/p+1. The van der Waals surface area contributed by atoms with Crippen molar-refractivity contribution >= 4 is 40.1 Å². The van der Waals surface area contributed by atoms with E-state index in [9.17, 15) is 0 Å². The van der Waals surface area contributed by atoms with Crippen LogP contribution in [0.3, 0.4) is 0 Å². The van der Waals surface area contributed by atoms with Gasteiger partial charge in [0.25, 0.3) is 0 Å². The minimum atomic E-state index is 0.193. The van der Waals surface area contributed by atoms with Crippen molar-refractivity contribution in [2.45, 2.75) is 5.75 Å². The lowest BCUT2D eigenvalue weighted by Crippen LogP contribution is -3.14. The Balaban J connectivity index is 1.84. The lowest BCUT2D eigenvalue weighted by Gasteiger charge is -2.22. The second kappa shape index (κ2) is 7.36. The van der Waals surface area contributed by atoms with Crippen LogP contribution in [0.2, 0.25) is 10.0 Å². The van der Waals surface area contributed by atoms with Crippen molar-refractivity contribution in [3.8, 4) is 0 Å². The molecule has 2 rings (SSSR count). The van der Waals surface area contributed by atoms with Crippen LogP contribution in [0.1, 0.15) is 5.56 Å². The molecule has 19 heavy (non-hydrogen) atoms. The van der Waals surface area contributed by atoms with Gasteiger partial charge in [0.2, 0.25) is 0 Å². The minimum absolute atomic E-state index is 0.193. The Morgan fingerprint density at radius 2 is 2.21 bits per heavy atom. The molecule has 104 valence electrons. The van der Waals surface area contributed by atoms with E-state index in [2.05, 4.69) is 10.3 Å². The molecule has 0 saturated carbocycles. The summed E-state index contributed by atoms with van der Waals surface area (Å²) in [5.74, 6) is 0.804. The van der Waals surface area contributed by atoms with E-state index in [0.29, 0.717) is 16.7 Å². The number of benzene rings is 1. The maximum absolute atomic E-state index is 8.86. The summed E-state index contributed by atoms with van der Waals surface area (Å²) in [6.07, 6.45) is 0. The van der Waals surface area contributed by atoms with Gasteiger partial charge in [-0.15, -0.1) is 0 Å². The van der Waals surface area contributed by atoms with Crippen molar-refractivity contribution in [3.63, 3.8) is 0 Å². The molecular weight excluding hydrogens is 305 g/mol. The molecule has 1 unspecified atom stereocenters. The molecule has 7 heteroatoms. The smallest absolute Gasteiger partial charge is 0.175 e. The second-order valence-corrected chi connectivity index (χ2v) is 6.01. The molecule has 1 aromatic carbocycles. The number of aliphatic hydroxyl groups excluding tert-OH is 1. The van der Waals surface area contributed by atoms with Gasteiger partial charge in [-0.2, -0.15) is 0 Å². The molecule has 0 spiro atoms. The Morgan fingerprint density at radius 1 is 1.37 bits per heavy atom. The third kappa shape index (κ3) is 4.54. The van der Waals surface area contributed by atoms with Crippen LogP contribution in [0, 0.1) is 0 Å². The van der Waals surface area contributed by atoms with Crippen LogP contribution in [0.4, 0.5) is 0 Å². The summed E-state index contributed by atoms with van der Waals surface area (Å²) in [5, 5.41) is 14.2. The van der Waals surface area contributed by atoms with Crippen LogP contribution in [0.5, 0.6) is 0 Å². The van der Waals surface area contributed by atoms with Crippen LogP contribution in [-0.2, 0) is 5.75 Å². The summed E-state index contributed by atoms with van der Waals surface area (Å²) < 4.78 is 0. The van der Waals surface area contributed by atoms with Gasteiger partial charge in [0.15, 0.2) is 18.5 Å². The Morgan fingerprint density at radius 3 is 2.84 bits per heavy atom. The third-order valence-corrected chi connectivity index (χ3v) is 4.52. The van der Waals surface area contributed by atoms with Crippen molar-refractivity contribution in [2.75, 3.05) is 26.5 Å². The van der Waals surface area contributed by atoms with E-state index >= 15 is 0 Å². The van der Waals surface area contributed by atoms with Crippen LogP contribution < -0.4 is 10.2 Å². The molecule has 1 heterocycles. The van der Waals surface area contributed by atoms with E-state index in [1.165, 1.54) is 4.90 Å². The first-order valence-electron chi connectivity index (χ1n) is 5.98. The van der Waals surface area contributed by atoms with Crippen molar-refractivity contribution in [1.29, 1.82) is 0 Å². The fourth-order valence-corrected chi connectivity index (χ4v) is 2.83. The molecule has 1 aliphatic heterocycles. The number of aliphatic imine (C=N–C) groups is 1. The van der Waals surface area contributed by atoms with E-state index in [1.807, 2.05) is 18.2 Å². The first kappa shape index (κ1) is 14.9. The molecule has 0 saturated heterocycles. The van der Waals surface area contributed by atoms with Gasteiger partial charge in [-0.25, -0.2) is 4.99 Å². The van der Waals surface area contributed by atoms with Crippen LogP contribution >= 0.6 is 35.0 Å². The zero-order chi connectivity index (χ0) is 13.7. The number of hydrogen-bond acceptors (Lipinski definition) is 4. The molecule has 1 aromatic rings. The Hall–Kier alpha value is -0.460. The molecule has 4 nitrogen and oxygen atoms in total. The lowest BCUT2D eigenvalue weighted by molar-refractivity contribution is -0.903. The number of halogens is 2. The van der Waals surface area contributed by atoms with Gasteiger partial charge >= 0.3 is 0 Å². The van der Waals surface area contributed by atoms with E-state index in [1.54, 1.807) is 11.8 Å². The number of quaternary nitrogens is 1. The first-order chi connectivity index (χ1) is 9.19. The zero-order valence-electron chi connectivity index (χ0n) is 10.3. The van der Waals surface area contributed by atoms with Crippen LogP contribution in [0.25, 0.3) is 0 Å². The third-order valence-electron chi connectivity index (χ3n) is 2.76. The number of thioether (sulfide) groups is 1. The highest BCUT2D eigenvalue weighted by Gasteiger charge is 2.14. The maximum atomic E-state index is 8.86.